The maximum absolute atomic E-state index is 11.7. The van der Waals surface area contributed by atoms with Crippen molar-refractivity contribution in [3.63, 3.8) is 0 Å². The molecule has 0 radical (unpaired) electrons. The van der Waals surface area contributed by atoms with Gasteiger partial charge >= 0.3 is 5.97 Å². The van der Waals surface area contributed by atoms with Crippen molar-refractivity contribution in [1.29, 1.82) is 0 Å². The number of anilines is 1. The second kappa shape index (κ2) is 5.43. The van der Waals surface area contributed by atoms with Crippen LogP contribution in [0, 0.1) is 0 Å². The van der Waals surface area contributed by atoms with Crippen LogP contribution in [0.15, 0.2) is 24.3 Å². The van der Waals surface area contributed by atoms with Gasteiger partial charge in [0.1, 0.15) is 11.8 Å². The zero-order chi connectivity index (χ0) is 15.8. The molecule has 0 saturated heterocycles. The van der Waals surface area contributed by atoms with Crippen LogP contribution in [0.2, 0.25) is 0 Å². The first-order valence-corrected chi connectivity index (χ1v) is 7.21. The van der Waals surface area contributed by atoms with E-state index in [-0.39, 0.29) is 5.54 Å². The van der Waals surface area contributed by atoms with Gasteiger partial charge in [-0.1, -0.05) is 13.0 Å². The summed E-state index contributed by atoms with van der Waals surface area (Å²) in [6.45, 7) is 8.06. The number of carboxylic acid groups (broad SMARTS) is 1. The first kappa shape index (κ1) is 15.4. The third kappa shape index (κ3) is 2.62. The van der Waals surface area contributed by atoms with Crippen LogP contribution >= 0.6 is 0 Å². The Balaban J connectivity index is 2.66. The second-order valence-corrected chi connectivity index (χ2v) is 6.00. The van der Waals surface area contributed by atoms with E-state index in [1.807, 2.05) is 43.9 Å². The van der Waals surface area contributed by atoms with E-state index in [1.54, 1.807) is 7.11 Å². The number of fused-ring (bicyclic) bond motifs is 1. The number of methoxy groups -OCH3 is 1. The first-order valence-electron chi connectivity index (χ1n) is 7.21. The van der Waals surface area contributed by atoms with Gasteiger partial charge in [-0.2, -0.15) is 0 Å². The molecule has 1 aliphatic rings. The van der Waals surface area contributed by atoms with Gasteiger partial charge in [-0.3, -0.25) is 0 Å². The third-order valence-corrected chi connectivity index (χ3v) is 4.06. The Morgan fingerprint density at radius 1 is 1.43 bits per heavy atom. The molecule has 0 aromatic heterocycles. The van der Waals surface area contributed by atoms with Gasteiger partial charge in [0.15, 0.2) is 0 Å². The SMILES string of the molecule is CC[C@H](C(=O)O)N1c2cc(OC)ccc2C(C)=CC1(C)C. The molecule has 0 spiro atoms. The Morgan fingerprint density at radius 3 is 2.62 bits per heavy atom. The molecule has 4 heteroatoms. The zero-order valence-corrected chi connectivity index (χ0v) is 13.3. The summed E-state index contributed by atoms with van der Waals surface area (Å²) in [6.07, 6.45) is 2.68. The predicted molar refractivity (Wildman–Crippen MR) is 84.9 cm³/mol. The number of ether oxygens (including phenoxy) is 1. The molecule has 1 atom stereocenters. The second-order valence-electron chi connectivity index (χ2n) is 6.00. The minimum Gasteiger partial charge on any atom is -0.497 e. The summed E-state index contributed by atoms with van der Waals surface area (Å²) >= 11 is 0. The Kier molecular flexibility index (Phi) is 3.99. The molecule has 0 aliphatic carbocycles. The lowest BCUT2D eigenvalue weighted by Gasteiger charge is -2.46. The lowest BCUT2D eigenvalue weighted by Crippen LogP contribution is -2.54. The van der Waals surface area contributed by atoms with Crippen LogP contribution in [0.4, 0.5) is 5.69 Å². The highest BCUT2D eigenvalue weighted by molar-refractivity contribution is 5.87. The van der Waals surface area contributed by atoms with E-state index in [4.69, 9.17) is 4.74 Å². The minimum atomic E-state index is -0.799. The first-order chi connectivity index (χ1) is 9.81. The molecule has 0 unspecified atom stereocenters. The molecule has 0 fully saturated rings. The highest BCUT2D eigenvalue weighted by Gasteiger charge is 2.38. The Hall–Kier alpha value is -1.97. The average Bonchev–Trinajstić information content (AvgIpc) is 2.41. The number of hydrogen-bond acceptors (Lipinski definition) is 3. The molecule has 1 heterocycles. The van der Waals surface area contributed by atoms with Gasteiger partial charge < -0.3 is 14.7 Å². The summed E-state index contributed by atoms with van der Waals surface area (Å²) < 4.78 is 5.31. The van der Waals surface area contributed by atoms with Gasteiger partial charge in [0.2, 0.25) is 0 Å². The van der Waals surface area contributed by atoms with Crippen LogP contribution < -0.4 is 9.64 Å². The van der Waals surface area contributed by atoms with Crippen molar-refractivity contribution in [2.24, 2.45) is 0 Å². The summed E-state index contributed by atoms with van der Waals surface area (Å²) in [5.41, 5.74) is 2.79. The number of nitrogens with zero attached hydrogens (tertiary/aromatic N) is 1. The molecule has 0 saturated carbocycles. The number of hydrogen-bond donors (Lipinski definition) is 1. The van der Waals surface area contributed by atoms with Crippen molar-refractivity contribution in [3.05, 3.63) is 29.8 Å². The van der Waals surface area contributed by atoms with Crippen LogP contribution in [0.1, 0.15) is 39.7 Å². The van der Waals surface area contributed by atoms with Crippen molar-refractivity contribution in [1.82, 2.24) is 0 Å². The standard InChI is InChI=1S/C17H23NO3/c1-6-14(16(19)20)18-15-9-12(21-5)7-8-13(15)11(2)10-17(18,3)4/h7-10,14H,6H2,1-5H3,(H,19,20)/t14-/m1/s1. The molecule has 1 aromatic rings. The molecule has 0 amide bonds. The molecule has 1 aliphatic heterocycles. The number of benzene rings is 1. The molecular formula is C17H23NO3. The predicted octanol–water partition coefficient (Wildman–Crippen LogP) is 3.56. The number of rotatable bonds is 4. The van der Waals surface area contributed by atoms with E-state index < -0.39 is 12.0 Å². The molecule has 21 heavy (non-hydrogen) atoms. The third-order valence-electron chi connectivity index (χ3n) is 4.06. The van der Waals surface area contributed by atoms with E-state index in [0.29, 0.717) is 6.42 Å². The van der Waals surface area contributed by atoms with Gasteiger partial charge in [-0.25, -0.2) is 4.79 Å². The summed E-state index contributed by atoms with van der Waals surface area (Å²) in [4.78, 5) is 13.7. The quantitative estimate of drug-likeness (QED) is 0.920. The molecule has 0 bridgehead atoms. The summed E-state index contributed by atoms with van der Waals surface area (Å²) in [5.74, 6) is -0.0585. The Bertz CT molecular complexity index is 590. The summed E-state index contributed by atoms with van der Waals surface area (Å²) in [6, 6.07) is 5.28. The number of allylic oxidation sites excluding steroid dienone is 1. The summed E-state index contributed by atoms with van der Waals surface area (Å²) in [5, 5.41) is 9.58. The van der Waals surface area contributed by atoms with Gasteiger partial charge in [0.25, 0.3) is 0 Å². The average molecular weight is 289 g/mol. The van der Waals surface area contributed by atoms with Crippen molar-refractivity contribution in [3.8, 4) is 5.75 Å². The minimum absolute atomic E-state index is 0.359. The van der Waals surface area contributed by atoms with Crippen LogP contribution in [0.3, 0.4) is 0 Å². The smallest absolute Gasteiger partial charge is 0.326 e. The lowest BCUT2D eigenvalue weighted by atomic mass is 9.86. The number of carbonyl (C=O) groups is 1. The van der Waals surface area contributed by atoms with Crippen molar-refractivity contribution in [2.45, 2.75) is 45.7 Å². The van der Waals surface area contributed by atoms with Gasteiger partial charge in [0.05, 0.1) is 12.6 Å². The lowest BCUT2D eigenvalue weighted by molar-refractivity contribution is -0.139. The molecule has 114 valence electrons. The van der Waals surface area contributed by atoms with Crippen LogP contribution in [0.25, 0.3) is 5.57 Å². The Morgan fingerprint density at radius 2 is 2.10 bits per heavy atom. The van der Waals surface area contributed by atoms with Crippen LogP contribution in [-0.2, 0) is 4.79 Å². The highest BCUT2D eigenvalue weighted by atomic mass is 16.5. The molecule has 1 N–H and O–H groups in total. The van der Waals surface area contributed by atoms with E-state index in [1.165, 1.54) is 0 Å². The van der Waals surface area contributed by atoms with E-state index in [9.17, 15) is 9.90 Å². The fourth-order valence-electron chi connectivity index (χ4n) is 3.20. The number of aliphatic carboxylic acids is 1. The van der Waals surface area contributed by atoms with Gasteiger partial charge in [-0.05, 0) is 44.9 Å². The van der Waals surface area contributed by atoms with Gasteiger partial charge in [0, 0.05) is 17.3 Å². The normalized spacial score (nSPS) is 17.8. The molecule has 4 nitrogen and oxygen atoms in total. The van der Waals surface area contributed by atoms with E-state index in [0.717, 1.165) is 22.6 Å². The van der Waals surface area contributed by atoms with Crippen LogP contribution in [0.5, 0.6) is 5.75 Å². The molecular weight excluding hydrogens is 266 g/mol. The van der Waals surface area contributed by atoms with Crippen molar-refractivity contribution >= 4 is 17.2 Å². The Labute approximate surface area is 126 Å². The molecule has 2 rings (SSSR count). The van der Waals surface area contributed by atoms with E-state index >= 15 is 0 Å². The summed E-state index contributed by atoms with van der Waals surface area (Å²) in [7, 11) is 1.62. The van der Waals surface area contributed by atoms with E-state index in [2.05, 4.69) is 13.0 Å². The monoisotopic (exact) mass is 289 g/mol. The largest absolute Gasteiger partial charge is 0.497 e. The fraction of sp³-hybridized carbons (Fsp3) is 0.471. The van der Waals surface area contributed by atoms with Crippen LogP contribution in [-0.4, -0.2) is 29.8 Å². The number of carboxylic acids is 1. The zero-order valence-electron chi connectivity index (χ0n) is 13.3. The highest BCUT2D eigenvalue weighted by Crippen LogP contribution is 2.42. The van der Waals surface area contributed by atoms with Gasteiger partial charge in [-0.15, -0.1) is 0 Å². The fourth-order valence-corrected chi connectivity index (χ4v) is 3.20. The molecule has 1 aromatic carbocycles. The van der Waals surface area contributed by atoms with Crippen molar-refractivity contribution < 1.29 is 14.6 Å². The maximum atomic E-state index is 11.7. The topological polar surface area (TPSA) is 49.8 Å². The van der Waals surface area contributed by atoms with Crippen molar-refractivity contribution in [2.75, 3.05) is 12.0 Å². The maximum Gasteiger partial charge on any atom is 0.326 e.